The zero-order valence-corrected chi connectivity index (χ0v) is 19.3. The maximum atomic E-state index is 6.02. The average molecular weight is 443 g/mol. The first-order chi connectivity index (χ1) is 13.2. The Balaban J connectivity index is 0.00000210. The Hall–Kier alpha value is -1.66. The van der Waals surface area contributed by atoms with Crippen LogP contribution in [-0.4, -0.2) is 49.4 Å². The van der Waals surface area contributed by atoms with Crippen molar-refractivity contribution >= 4 is 46.8 Å². The summed E-state index contributed by atoms with van der Waals surface area (Å²) in [6.07, 6.45) is 0. The molecule has 0 saturated carbocycles. The zero-order chi connectivity index (χ0) is 19.2. The molecule has 3 rings (SSSR count). The number of benzene rings is 2. The van der Waals surface area contributed by atoms with Gasteiger partial charge in [0.2, 0.25) is 0 Å². The molecule has 29 heavy (non-hydrogen) atoms. The van der Waals surface area contributed by atoms with Gasteiger partial charge in [0.05, 0.1) is 0 Å². The van der Waals surface area contributed by atoms with Crippen molar-refractivity contribution in [1.82, 2.24) is 9.80 Å². The fraction of sp³-hybridized carbons (Fsp3) is 0.455. The van der Waals surface area contributed by atoms with Crippen LogP contribution < -0.4 is 9.47 Å². The van der Waals surface area contributed by atoms with Crippen LogP contribution in [0.25, 0.3) is 21.9 Å². The Morgan fingerprint density at radius 1 is 0.655 bits per heavy atom. The molecule has 2 aromatic carbocycles. The van der Waals surface area contributed by atoms with Crippen LogP contribution in [0.3, 0.4) is 0 Å². The van der Waals surface area contributed by atoms with Crippen molar-refractivity contribution < 1.29 is 13.9 Å². The van der Waals surface area contributed by atoms with E-state index in [9.17, 15) is 0 Å². The number of fused-ring (bicyclic) bond motifs is 3. The van der Waals surface area contributed by atoms with E-state index in [2.05, 4.69) is 49.6 Å². The summed E-state index contributed by atoms with van der Waals surface area (Å²) >= 11 is 0. The molecule has 0 aliphatic heterocycles. The lowest BCUT2D eigenvalue weighted by Crippen LogP contribution is -2.27. The molecular formula is C22H32Cl2N2O3. The topological polar surface area (TPSA) is 38.1 Å². The number of halogens is 2. The van der Waals surface area contributed by atoms with Gasteiger partial charge in [0.1, 0.15) is 36.1 Å². The Morgan fingerprint density at radius 2 is 1.17 bits per heavy atom. The summed E-state index contributed by atoms with van der Waals surface area (Å²) < 4.78 is 17.9. The van der Waals surface area contributed by atoms with E-state index in [4.69, 9.17) is 13.9 Å². The van der Waals surface area contributed by atoms with Crippen LogP contribution in [0, 0.1) is 0 Å². The van der Waals surface area contributed by atoms with Crippen molar-refractivity contribution in [3.63, 3.8) is 0 Å². The third-order valence-electron chi connectivity index (χ3n) is 5.03. The summed E-state index contributed by atoms with van der Waals surface area (Å²) in [6, 6.07) is 12.0. The molecule has 1 heterocycles. The van der Waals surface area contributed by atoms with Gasteiger partial charge < -0.3 is 13.9 Å². The summed E-state index contributed by atoms with van der Waals surface area (Å²) in [5, 5.41) is 2.14. The lowest BCUT2D eigenvalue weighted by Gasteiger charge is -2.18. The molecule has 0 aliphatic rings. The molecule has 1 aromatic heterocycles. The van der Waals surface area contributed by atoms with E-state index in [1.807, 2.05) is 24.3 Å². The van der Waals surface area contributed by atoms with E-state index in [1.54, 1.807) is 0 Å². The summed E-state index contributed by atoms with van der Waals surface area (Å²) in [5.41, 5.74) is 1.70. The van der Waals surface area contributed by atoms with Crippen LogP contribution in [-0.2, 0) is 0 Å². The maximum absolute atomic E-state index is 6.02. The second kappa shape index (κ2) is 12.1. The minimum absolute atomic E-state index is 0. The first-order valence-electron chi connectivity index (χ1n) is 9.85. The fourth-order valence-corrected chi connectivity index (χ4v) is 3.06. The molecular weight excluding hydrogens is 411 g/mol. The zero-order valence-electron chi connectivity index (χ0n) is 17.6. The summed E-state index contributed by atoms with van der Waals surface area (Å²) in [6.45, 7) is 13.6. The molecule has 0 amide bonds. The molecule has 3 aromatic rings. The number of hydrogen-bond acceptors (Lipinski definition) is 5. The van der Waals surface area contributed by atoms with E-state index in [0.29, 0.717) is 13.5 Å². The second-order valence-corrected chi connectivity index (χ2v) is 6.57. The Morgan fingerprint density at radius 3 is 1.72 bits per heavy atom. The number of hydrogen-bond donors (Lipinski definition) is 0. The Labute approximate surface area is 185 Å². The smallest absolute Gasteiger partial charge is 0.142 e. The van der Waals surface area contributed by atoms with Gasteiger partial charge in [-0.05, 0) is 56.5 Å². The lowest BCUT2D eigenvalue weighted by molar-refractivity contribution is 0.137. The fourth-order valence-electron chi connectivity index (χ4n) is 3.06. The van der Waals surface area contributed by atoms with Crippen LogP contribution >= 0.6 is 24.8 Å². The molecule has 7 heteroatoms. The monoisotopic (exact) mass is 442 g/mol. The van der Waals surface area contributed by atoms with Crippen LogP contribution in [0.2, 0.25) is 0 Å². The first kappa shape index (κ1) is 25.4. The number of furan rings is 1. The molecule has 0 aliphatic carbocycles. The largest absolute Gasteiger partial charge is 0.478 e. The molecule has 0 atom stereocenters. The maximum Gasteiger partial charge on any atom is 0.142 e. The van der Waals surface area contributed by atoms with Gasteiger partial charge in [-0.15, -0.1) is 24.8 Å². The molecule has 0 unspecified atom stereocenters. The number of nitrogens with zero attached hydrogens (tertiary/aromatic N) is 2. The van der Waals surface area contributed by atoms with Crippen molar-refractivity contribution in [2.45, 2.75) is 27.7 Å². The van der Waals surface area contributed by atoms with E-state index < -0.39 is 0 Å². The molecule has 0 spiro atoms. The van der Waals surface area contributed by atoms with Gasteiger partial charge in [-0.25, -0.2) is 0 Å². The van der Waals surface area contributed by atoms with Crippen LogP contribution in [0.15, 0.2) is 40.8 Å². The predicted molar refractivity (Wildman–Crippen MR) is 125 cm³/mol. The predicted octanol–water partition coefficient (Wildman–Crippen LogP) is 5.79. The number of rotatable bonds is 10. The van der Waals surface area contributed by atoms with Crippen LogP contribution in [0.4, 0.5) is 0 Å². The molecule has 162 valence electrons. The molecule has 0 bridgehead atoms. The molecule has 0 N–H and O–H groups in total. The van der Waals surface area contributed by atoms with E-state index >= 15 is 0 Å². The molecule has 0 fully saturated rings. The van der Waals surface area contributed by atoms with E-state index in [-0.39, 0.29) is 24.8 Å². The minimum Gasteiger partial charge on any atom is -0.478 e. The van der Waals surface area contributed by atoms with Crippen molar-refractivity contribution in [3.8, 4) is 11.5 Å². The SMILES string of the molecule is CCN(CC)COc1ccc2c(c1)oc1ccc(OCN(CC)CC)cc12.Cl.Cl. The van der Waals surface area contributed by atoms with Gasteiger partial charge in [0.15, 0.2) is 0 Å². The van der Waals surface area contributed by atoms with Crippen molar-refractivity contribution in [1.29, 1.82) is 0 Å². The quantitative estimate of drug-likeness (QED) is 0.371. The third kappa shape index (κ3) is 6.16. The minimum atomic E-state index is 0. The lowest BCUT2D eigenvalue weighted by atomic mass is 10.1. The highest BCUT2D eigenvalue weighted by atomic mass is 35.5. The number of ether oxygens (including phenoxy) is 2. The second-order valence-electron chi connectivity index (χ2n) is 6.57. The molecule has 5 nitrogen and oxygen atoms in total. The third-order valence-corrected chi connectivity index (χ3v) is 5.03. The Bertz CT molecular complexity index is 877. The highest BCUT2D eigenvalue weighted by molar-refractivity contribution is 6.05. The average Bonchev–Trinajstić information content (AvgIpc) is 3.06. The van der Waals surface area contributed by atoms with Gasteiger partial charge in [0.25, 0.3) is 0 Å². The summed E-state index contributed by atoms with van der Waals surface area (Å²) in [5.74, 6) is 1.69. The van der Waals surface area contributed by atoms with E-state index in [1.165, 1.54) is 0 Å². The first-order valence-corrected chi connectivity index (χ1v) is 9.85. The highest BCUT2D eigenvalue weighted by Gasteiger charge is 2.10. The van der Waals surface area contributed by atoms with Crippen molar-refractivity contribution in [2.75, 3.05) is 39.6 Å². The summed E-state index contributed by atoms with van der Waals surface area (Å²) in [7, 11) is 0. The van der Waals surface area contributed by atoms with Gasteiger partial charge >= 0.3 is 0 Å². The van der Waals surface area contributed by atoms with Gasteiger partial charge in [0, 0.05) is 16.8 Å². The molecule has 0 radical (unpaired) electrons. The van der Waals surface area contributed by atoms with Gasteiger partial charge in [-0.1, -0.05) is 27.7 Å². The summed E-state index contributed by atoms with van der Waals surface area (Å²) in [4.78, 5) is 4.46. The van der Waals surface area contributed by atoms with Crippen LogP contribution in [0.5, 0.6) is 11.5 Å². The van der Waals surface area contributed by atoms with Crippen molar-refractivity contribution in [2.24, 2.45) is 0 Å². The van der Waals surface area contributed by atoms with E-state index in [0.717, 1.165) is 59.6 Å². The van der Waals surface area contributed by atoms with Crippen molar-refractivity contribution in [3.05, 3.63) is 36.4 Å². The Kier molecular flexibility index (Phi) is 10.6. The normalized spacial score (nSPS) is 11.0. The molecule has 0 saturated heterocycles. The van der Waals surface area contributed by atoms with Gasteiger partial charge in [-0.2, -0.15) is 0 Å². The standard InChI is InChI=1S/C22H30N2O3.2ClH/c1-5-23(6-2)15-25-17-10-12-21-20(13-17)19-11-9-18(14-22(19)27-21)26-16-24(7-3)8-4;;/h9-14H,5-8,15-16H2,1-4H3;2*1H. The highest BCUT2D eigenvalue weighted by Crippen LogP contribution is 2.33. The van der Waals surface area contributed by atoms with Crippen LogP contribution in [0.1, 0.15) is 27.7 Å². The van der Waals surface area contributed by atoms with Gasteiger partial charge in [-0.3, -0.25) is 9.80 Å².